The molecule has 60 valence electrons. The van der Waals surface area contributed by atoms with E-state index in [2.05, 4.69) is 24.0 Å². The van der Waals surface area contributed by atoms with Gasteiger partial charge in [-0.05, 0) is 19.9 Å². The van der Waals surface area contributed by atoms with E-state index in [1.807, 2.05) is 6.92 Å². The van der Waals surface area contributed by atoms with Gasteiger partial charge >= 0.3 is 0 Å². The second-order valence-electron chi connectivity index (χ2n) is 2.25. The van der Waals surface area contributed by atoms with Gasteiger partial charge in [0.05, 0.1) is 0 Å². The smallest absolute Gasteiger partial charge is 0.0455 e. The number of hydrogen-bond donors (Lipinski definition) is 1. The zero-order valence-electron chi connectivity index (χ0n) is 7.01. The average Bonchev–Trinajstić information content (AvgIpc) is 1.99. The summed E-state index contributed by atoms with van der Waals surface area (Å²) in [4.78, 5) is 2.21. The molecule has 0 aromatic carbocycles. The van der Waals surface area contributed by atoms with Crippen LogP contribution in [0.3, 0.4) is 0 Å². The highest BCUT2D eigenvalue weighted by Gasteiger charge is 1.94. The van der Waals surface area contributed by atoms with E-state index in [-0.39, 0.29) is 0 Å². The van der Waals surface area contributed by atoms with Gasteiger partial charge in [-0.15, -0.1) is 0 Å². The summed E-state index contributed by atoms with van der Waals surface area (Å²) in [5.74, 6) is 0. The number of nitrogens with two attached hydrogens (primary N) is 1. The van der Waals surface area contributed by atoms with Gasteiger partial charge in [0, 0.05) is 13.2 Å². The van der Waals surface area contributed by atoms with Crippen molar-refractivity contribution in [3.05, 3.63) is 12.2 Å². The van der Waals surface area contributed by atoms with E-state index >= 15 is 0 Å². The molecule has 0 bridgehead atoms. The number of allylic oxidation sites excluding steroid dienone is 1. The van der Waals surface area contributed by atoms with Crippen LogP contribution in [0.2, 0.25) is 0 Å². The normalized spacial score (nSPS) is 11.6. The molecule has 0 saturated heterocycles. The van der Waals surface area contributed by atoms with Crippen LogP contribution in [-0.4, -0.2) is 24.7 Å². The SMILES string of the molecule is C/C=C\CCN(CC)CN. The molecule has 2 heteroatoms. The lowest BCUT2D eigenvalue weighted by molar-refractivity contribution is 0.303. The van der Waals surface area contributed by atoms with Crippen LogP contribution < -0.4 is 5.73 Å². The first-order valence-electron chi connectivity index (χ1n) is 3.88. The summed E-state index contributed by atoms with van der Waals surface area (Å²) in [7, 11) is 0. The Kier molecular flexibility index (Phi) is 6.55. The fourth-order valence-corrected chi connectivity index (χ4v) is 0.802. The first-order chi connectivity index (χ1) is 4.85. The van der Waals surface area contributed by atoms with E-state index in [4.69, 9.17) is 5.73 Å². The molecule has 2 N–H and O–H groups in total. The summed E-state index contributed by atoms with van der Waals surface area (Å²) in [6.45, 7) is 6.97. The van der Waals surface area contributed by atoms with Gasteiger partial charge in [0.25, 0.3) is 0 Å². The van der Waals surface area contributed by atoms with E-state index < -0.39 is 0 Å². The Balaban J connectivity index is 3.25. The maximum absolute atomic E-state index is 5.47. The van der Waals surface area contributed by atoms with Gasteiger partial charge in [-0.1, -0.05) is 19.1 Å². The van der Waals surface area contributed by atoms with Gasteiger partial charge in [-0.2, -0.15) is 0 Å². The fourth-order valence-electron chi connectivity index (χ4n) is 0.802. The molecular formula is C8H18N2. The molecule has 0 aliphatic rings. The molecule has 0 radical (unpaired) electrons. The summed E-state index contributed by atoms with van der Waals surface area (Å²) in [6.07, 6.45) is 5.35. The predicted octanol–water partition coefficient (Wildman–Crippen LogP) is 1.19. The standard InChI is InChI=1S/C8H18N2/c1-3-5-6-7-10(4-2)8-9/h3,5H,4,6-9H2,1-2H3/b5-3-. The quantitative estimate of drug-likeness (QED) is 0.461. The molecule has 0 aromatic rings. The lowest BCUT2D eigenvalue weighted by Crippen LogP contribution is -2.30. The van der Waals surface area contributed by atoms with Gasteiger partial charge in [0.2, 0.25) is 0 Å². The molecule has 10 heavy (non-hydrogen) atoms. The van der Waals surface area contributed by atoms with Crippen molar-refractivity contribution in [3.63, 3.8) is 0 Å². The lowest BCUT2D eigenvalue weighted by atomic mass is 10.3. The van der Waals surface area contributed by atoms with E-state index in [1.165, 1.54) is 0 Å². The minimum atomic E-state index is 0.675. The fraction of sp³-hybridized carbons (Fsp3) is 0.750. The molecule has 0 amide bonds. The molecular weight excluding hydrogens is 124 g/mol. The van der Waals surface area contributed by atoms with Crippen LogP contribution >= 0.6 is 0 Å². The Morgan fingerprint density at radius 2 is 2.20 bits per heavy atom. The van der Waals surface area contributed by atoms with Gasteiger partial charge in [0.1, 0.15) is 0 Å². The molecule has 0 atom stereocenters. The Morgan fingerprint density at radius 1 is 1.50 bits per heavy atom. The lowest BCUT2D eigenvalue weighted by Gasteiger charge is -2.15. The Bertz CT molecular complexity index is 85.3. The van der Waals surface area contributed by atoms with E-state index in [0.29, 0.717) is 6.67 Å². The Morgan fingerprint density at radius 3 is 2.60 bits per heavy atom. The first kappa shape index (κ1) is 9.66. The molecule has 0 heterocycles. The van der Waals surface area contributed by atoms with Crippen molar-refractivity contribution in [1.82, 2.24) is 4.90 Å². The second kappa shape index (κ2) is 6.78. The van der Waals surface area contributed by atoms with Gasteiger partial charge < -0.3 is 5.73 Å². The van der Waals surface area contributed by atoms with Crippen LogP contribution in [0.25, 0.3) is 0 Å². The average molecular weight is 142 g/mol. The van der Waals surface area contributed by atoms with Crippen molar-refractivity contribution in [1.29, 1.82) is 0 Å². The van der Waals surface area contributed by atoms with Gasteiger partial charge in [-0.25, -0.2) is 0 Å². The van der Waals surface area contributed by atoms with Crippen molar-refractivity contribution < 1.29 is 0 Å². The van der Waals surface area contributed by atoms with Crippen LogP contribution in [0.5, 0.6) is 0 Å². The first-order valence-corrected chi connectivity index (χ1v) is 3.88. The third-order valence-electron chi connectivity index (χ3n) is 1.55. The summed E-state index contributed by atoms with van der Waals surface area (Å²) in [6, 6.07) is 0. The molecule has 0 rings (SSSR count). The molecule has 0 fully saturated rings. The number of hydrogen-bond acceptors (Lipinski definition) is 2. The zero-order valence-corrected chi connectivity index (χ0v) is 7.01. The van der Waals surface area contributed by atoms with E-state index in [9.17, 15) is 0 Å². The largest absolute Gasteiger partial charge is 0.318 e. The van der Waals surface area contributed by atoms with Gasteiger partial charge in [0.15, 0.2) is 0 Å². The third kappa shape index (κ3) is 4.53. The van der Waals surface area contributed by atoms with Crippen LogP contribution in [-0.2, 0) is 0 Å². The monoisotopic (exact) mass is 142 g/mol. The topological polar surface area (TPSA) is 29.3 Å². The van der Waals surface area contributed by atoms with Crippen LogP contribution in [0.15, 0.2) is 12.2 Å². The highest BCUT2D eigenvalue weighted by Crippen LogP contribution is 1.89. The van der Waals surface area contributed by atoms with Crippen molar-refractivity contribution in [2.45, 2.75) is 20.3 Å². The van der Waals surface area contributed by atoms with Crippen molar-refractivity contribution in [2.75, 3.05) is 19.8 Å². The van der Waals surface area contributed by atoms with E-state index in [1.54, 1.807) is 0 Å². The highest BCUT2D eigenvalue weighted by atomic mass is 15.2. The van der Waals surface area contributed by atoms with Crippen LogP contribution in [0, 0.1) is 0 Å². The molecule has 0 spiro atoms. The maximum atomic E-state index is 5.47. The van der Waals surface area contributed by atoms with Crippen molar-refractivity contribution in [3.8, 4) is 0 Å². The van der Waals surface area contributed by atoms with Gasteiger partial charge in [-0.3, -0.25) is 4.90 Å². The predicted molar refractivity (Wildman–Crippen MR) is 45.7 cm³/mol. The molecule has 2 nitrogen and oxygen atoms in total. The van der Waals surface area contributed by atoms with E-state index in [0.717, 1.165) is 19.5 Å². The summed E-state index contributed by atoms with van der Waals surface area (Å²) >= 11 is 0. The maximum Gasteiger partial charge on any atom is 0.0455 e. The Labute approximate surface area is 63.7 Å². The minimum absolute atomic E-state index is 0.675. The van der Waals surface area contributed by atoms with Crippen LogP contribution in [0.1, 0.15) is 20.3 Å². The van der Waals surface area contributed by atoms with Crippen LogP contribution in [0.4, 0.5) is 0 Å². The summed E-state index contributed by atoms with van der Waals surface area (Å²) in [5.41, 5.74) is 5.47. The van der Waals surface area contributed by atoms with Crippen molar-refractivity contribution in [2.24, 2.45) is 5.73 Å². The zero-order chi connectivity index (χ0) is 7.82. The summed E-state index contributed by atoms with van der Waals surface area (Å²) in [5, 5.41) is 0. The molecule has 0 aliphatic carbocycles. The molecule has 0 unspecified atom stereocenters. The summed E-state index contributed by atoms with van der Waals surface area (Å²) < 4.78 is 0. The number of rotatable bonds is 5. The molecule has 0 saturated carbocycles. The second-order valence-corrected chi connectivity index (χ2v) is 2.25. The van der Waals surface area contributed by atoms with Crippen molar-refractivity contribution >= 4 is 0 Å². The third-order valence-corrected chi connectivity index (χ3v) is 1.55. The Hall–Kier alpha value is -0.340. The minimum Gasteiger partial charge on any atom is -0.318 e. The number of nitrogens with zero attached hydrogens (tertiary/aromatic N) is 1. The molecule has 0 aliphatic heterocycles. The molecule has 0 aromatic heterocycles. The highest BCUT2D eigenvalue weighted by molar-refractivity contribution is 4.77.